The first-order valence-electron chi connectivity index (χ1n) is 10.3. The molecule has 3 heterocycles. The molecule has 2 unspecified atom stereocenters. The van der Waals surface area contributed by atoms with E-state index in [-0.39, 0.29) is 17.6 Å². The third-order valence-corrected chi connectivity index (χ3v) is 6.27. The Labute approximate surface area is 180 Å². The predicted molar refractivity (Wildman–Crippen MR) is 117 cm³/mol. The number of rotatable bonds is 6. The number of carbonyl (C=O) groups excluding carboxylic acids is 1. The summed E-state index contributed by atoms with van der Waals surface area (Å²) in [5, 5.41) is 18.0. The van der Waals surface area contributed by atoms with Crippen molar-refractivity contribution in [2.24, 2.45) is 5.92 Å². The van der Waals surface area contributed by atoms with Gasteiger partial charge in [0, 0.05) is 23.8 Å². The molecule has 2 aliphatic heterocycles. The Morgan fingerprint density at radius 2 is 2.03 bits per heavy atom. The summed E-state index contributed by atoms with van der Waals surface area (Å²) in [5.41, 5.74) is 1.88. The van der Waals surface area contributed by atoms with Crippen LogP contribution >= 0.6 is 0 Å². The number of hydrogen-bond acceptors (Lipinski definition) is 5. The van der Waals surface area contributed by atoms with Crippen LogP contribution in [0.4, 0.5) is 14.9 Å². The number of halogens is 1. The Bertz CT molecular complexity index is 1000. The van der Waals surface area contributed by atoms with Gasteiger partial charge in [0.25, 0.3) is 0 Å². The Balaban J connectivity index is 1.56. The van der Waals surface area contributed by atoms with Gasteiger partial charge >= 0.3 is 6.03 Å². The van der Waals surface area contributed by atoms with E-state index in [1.807, 2.05) is 24.0 Å². The summed E-state index contributed by atoms with van der Waals surface area (Å²) in [6.45, 7) is 4.54. The van der Waals surface area contributed by atoms with Crippen molar-refractivity contribution in [2.45, 2.75) is 44.7 Å². The lowest BCUT2D eigenvalue weighted by Gasteiger charge is -2.64. The molecule has 0 spiro atoms. The number of nitrogens with one attached hydrogen (secondary N) is 3. The number of piperidine rings is 1. The van der Waals surface area contributed by atoms with Gasteiger partial charge in [-0.05, 0) is 49.8 Å². The van der Waals surface area contributed by atoms with E-state index < -0.39 is 5.82 Å². The van der Waals surface area contributed by atoms with Crippen LogP contribution in [-0.4, -0.2) is 56.6 Å². The van der Waals surface area contributed by atoms with Gasteiger partial charge in [0.2, 0.25) is 0 Å². The summed E-state index contributed by atoms with van der Waals surface area (Å²) in [7, 11) is 0. The highest BCUT2D eigenvalue weighted by molar-refractivity contribution is 5.92. The fraction of sp³-hybridized carbons (Fsp3) is 0.409. The number of aromatic nitrogens is 2. The van der Waals surface area contributed by atoms with Gasteiger partial charge in [-0.3, -0.25) is 10.8 Å². The van der Waals surface area contributed by atoms with E-state index in [0.29, 0.717) is 24.0 Å². The second kappa shape index (κ2) is 8.05. The molecule has 162 valence electrons. The largest absolute Gasteiger partial charge is 0.322 e. The zero-order valence-corrected chi connectivity index (χ0v) is 17.6. The van der Waals surface area contributed by atoms with E-state index in [2.05, 4.69) is 22.2 Å². The fourth-order valence-electron chi connectivity index (χ4n) is 5.10. The average molecular weight is 423 g/mol. The fourth-order valence-corrected chi connectivity index (χ4v) is 5.10. The second-order valence-electron chi connectivity index (χ2n) is 8.61. The van der Waals surface area contributed by atoms with E-state index >= 15 is 0 Å². The van der Waals surface area contributed by atoms with Crippen molar-refractivity contribution in [1.82, 2.24) is 19.8 Å². The average Bonchev–Trinajstić information content (AvgIpc) is 2.73. The van der Waals surface area contributed by atoms with E-state index in [1.165, 1.54) is 4.90 Å². The molecule has 2 aromatic rings. The predicted octanol–water partition coefficient (Wildman–Crippen LogP) is 3.88. The van der Waals surface area contributed by atoms with Crippen LogP contribution in [0.3, 0.4) is 0 Å². The van der Waals surface area contributed by atoms with Gasteiger partial charge in [0.15, 0.2) is 11.6 Å². The quantitative estimate of drug-likeness (QED) is 0.484. The number of carbonyl (C=O) groups is 1. The minimum atomic E-state index is -0.501. The van der Waals surface area contributed by atoms with Crippen LogP contribution in [0.15, 0.2) is 30.6 Å². The van der Waals surface area contributed by atoms with Crippen molar-refractivity contribution in [3.63, 3.8) is 0 Å². The molecule has 1 aromatic heterocycles. The van der Waals surface area contributed by atoms with E-state index in [4.69, 9.17) is 10.8 Å². The first kappa shape index (κ1) is 20.9. The Hall–Kier alpha value is -3.36. The molecule has 3 N–H and O–H groups in total. The number of fused-ring (bicyclic) bond motifs is 2. The number of aryl methyl sites for hydroxylation is 1. The summed E-state index contributed by atoms with van der Waals surface area (Å²) in [5.74, 6) is 0.384. The minimum Gasteiger partial charge on any atom is -0.322 e. The molecule has 0 radical (unpaired) electrons. The molecule has 0 aliphatic carbocycles. The molecular weight excluding hydrogens is 397 g/mol. The van der Waals surface area contributed by atoms with E-state index in [0.717, 1.165) is 55.5 Å². The molecule has 2 bridgehead atoms. The molecule has 2 aliphatic rings. The first-order valence-corrected chi connectivity index (χ1v) is 10.3. The van der Waals surface area contributed by atoms with Gasteiger partial charge in [-0.1, -0.05) is 13.0 Å². The van der Waals surface area contributed by atoms with Gasteiger partial charge in [0.05, 0.1) is 30.6 Å². The van der Waals surface area contributed by atoms with Crippen molar-refractivity contribution >= 4 is 24.4 Å². The van der Waals surface area contributed by atoms with Crippen LogP contribution in [-0.2, 0) is 0 Å². The third kappa shape index (κ3) is 3.87. The van der Waals surface area contributed by atoms with Gasteiger partial charge < -0.3 is 15.1 Å². The highest BCUT2D eigenvalue weighted by Crippen LogP contribution is 2.50. The van der Waals surface area contributed by atoms with Crippen molar-refractivity contribution in [2.75, 3.05) is 11.9 Å². The van der Waals surface area contributed by atoms with Crippen molar-refractivity contribution in [1.29, 1.82) is 10.8 Å². The Morgan fingerprint density at radius 1 is 1.32 bits per heavy atom. The number of anilines is 1. The first-order chi connectivity index (χ1) is 14.8. The summed E-state index contributed by atoms with van der Waals surface area (Å²) in [4.78, 5) is 24.8. The number of benzene rings is 1. The molecule has 2 amide bonds. The normalized spacial score (nSPS) is 24.2. The molecule has 4 rings (SSSR count). The molecule has 8 nitrogen and oxygen atoms in total. The molecule has 3 atom stereocenters. The number of nitrogens with zero attached hydrogens (tertiary/aromatic N) is 4. The van der Waals surface area contributed by atoms with Crippen LogP contribution in [0, 0.1) is 29.5 Å². The zero-order valence-electron chi connectivity index (χ0n) is 17.6. The monoisotopic (exact) mass is 423 g/mol. The van der Waals surface area contributed by atoms with E-state index in [1.54, 1.807) is 6.07 Å². The lowest BCUT2D eigenvalue weighted by molar-refractivity contribution is -0.0924. The maximum Gasteiger partial charge on any atom is 0.322 e. The molecule has 2 saturated heterocycles. The summed E-state index contributed by atoms with van der Waals surface area (Å²) in [6, 6.07) is 5.47. The Kier molecular flexibility index (Phi) is 5.43. The maximum absolute atomic E-state index is 13.3. The van der Waals surface area contributed by atoms with Crippen molar-refractivity contribution in [3.8, 4) is 11.4 Å². The number of urea groups is 1. The van der Waals surface area contributed by atoms with Crippen LogP contribution in [0.25, 0.3) is 11.4 Å². The van der Waals surface area contributed by atoms with Gasteiger partial charge in [0.1, 0.15) is 0 Å². The smallest absolute Gasteiger partial charge is 0.322 e. The minimum absolute atomic E-state index is 0.160. The SMILES string of the molecule is Cc1ccc(NC(=O)N2C3C[C@H](C)CC2(CN(C=N)C=N)C3)cc1-c1ncc(F)cn1. The van der Waals surface area contributed by atoms with E-state index in [9.17, 15) is 9.18 Å². The molecule has 1 aromatic carbocycles. The molecule has 2 fully saturated rings. The Morgan fingerprint density at radius 3 is 2.71 bits per heavy atom. The van der Waals surface area contributed by atoms with Crippen LogP contribution in [0.1, 0.15) is 31.7 Å². The van der Waals surface area contributed by atoms with Crippen LogP contribution in [0.2, 0.25) is 0 Å². The highest BCUT2D eigenvalue weighted by atomic mass is 19.1. The zero-order chi connectivity index (χ0) is 22.2. The lowest BCUT2D eigenvalue weighted by atomic mass is 9.64. The highest BCUT2D eigenvalue weighted by Gasteiger charge is 2.58. The molecule has 0 saturated carbocycles. The van der Waals surface area contributed by atoms with Crippen LogP contribution < -0.4 is 5.32 Å². The van der Waals surface area contributed by atoms with Gasteiger partial charge in [-0.25, -0.2) is 19.2 Å². The van der Waals surface area contributed by atoms with Crippen molar-refractivity contribution < 1.29 is 9.18 Å². The third-order valence-electron chi connectivity index (χ3n) is 6.27. The summed E-state index contributed by atoms with van der Waals surface area (Å²) < 4.78 is 13.2. The molecule has 31 heavy (non-hydrogen) atoms. The summed E-state index contributed by atoms with van der Waals surface area (Å²) in [6.07, 6.45) is 7.17. The van der Waals surface area contributed by atoms with Gasteiger partial charge in [-0.15, -0.1) is 0 Å². The van der Waals surface area contributed by atoms with Gasteiger partial charge in [-0.2, -0.15) is 0 Å². The number of amides is 2. The number of hydrogen-bond donors (Lipinski definition) is 3. The molecule has 9 heteroatoms. The topological polar surface area (TPSA) is 109 Å². The van der Waals surface area contributed by atoms with Crippen molar-refractivity contribution in [3.05, 3.63) is 42.0 Å². The second-order valence-corrected chi connectivity index (χ2v) is 8.61. The maximum atomic E-state index is 13.3. The van der Waals surface area contributed by atoms with Crippen LogP contribution in [0.5, 0.6) is 0 Å². The summed E-state index contributed by atoms with van der Waals surface area (Å²) >= 11 is 0. The standard InChI is InChI=1S/C22H26FN7O/c1-14-5-18-8-22(7-14,11-29(12-24)13-25)30(18)21(31)28-17-4-3-15(2)19(6-17)20-26-9-16(23)10-27-20/h3-4,6,9-10,12-14,18,24-25H,5,7-8,11H2,1-2H3,(H,28,31)/t14-,18?,22?/m0/s1. The molecular formula is C22H26FN7O. The lowest BCUT2D eigenvalue weighted by Crippen LogP contribution is -2.75.